The van der Waals surface area contributed by atoms with Crippen molar-refractivity contribution in [3.05, 3.63) is 54.1 Å². The number of carbonyl (C=O) groups excluding carboxylic acids is 1. The van der Waals surface area contributed by atoms with Gasteiger partial charge in [0.2, 0.25) is 0 Å². The van der Waals surface area contributed by atoms with Gasteiger partial charge >= 0.3 is 5.97 Å². The zero-order valence-corrected chi connectivity index (χ0v) is 16.4. The first-order valence-corrected chi connectivity index (χ1v) is 9.48. The normalized spacial score (nSPS) is 16.4. The lowest BCUT2D eigenvalue weighted by atomic mass is 9.86. The highest BCUT2D eigenvalue weighted by Gasteiger charge is 2.41. The van der Waals surface area contributed by atoms with Gasteiger partial charge in [-0.1, -0.05) is 49.8 Å². The predicted octanol–water partition coefficient (Wildman–Crippen LogP) is 4.88. The van der Waals surface area contributed by atoms with Crippen LogP contribution in [0.15, 0.2) is 48.6 Å². The Morgan fingerprint density at radius 3 is 2.48 bits per heavy atom. The first kappa shape index (κ1) is 19.6. The Bertz CT molecular complexity index is 854. The van der Waals surface area contributed by atoms with Crippen LogP contribution in [0.2, 0.25) is 0 Å². The van der Waals surface area contributed by atoms with Crippen molar-refractivity contribution in [1.82, 2.24) is 0 Å². The molecule has 4 heteroatoms. The molecule has 0 heterocycles. The van der Waals surface area contributed by atoms with E-state index in [-0.39, 0.29) is 6.61 Å². The van der Waals surface area contributed by atoms with Gasteiger partial charge in [-0.05, 0) is 50.5 Å². The minimum Gasteiger partial charge on any atom is -0.423 e. The molecule has 1 fully saturated rings. The summed E-state index contributed by atoms with van der Waals surface area (Å²) in [5, 5.41) is 12.3. The molecule has 0 aromatic heterocycles. The van der Waals surface area contributed by atoms with Crippen LogP contribution in [0.5, 0.6) is 5.75 Å². The van der Waals surface area contributed by atoms with Gasteiger partial charge in [-0.3, -0.25) is 0 Å². The Morgan fingerprint density at radius 2 is 1.85 bits per heavy atom. The molecular weight excluding hydrogens is 340 g/mol. The molecule has 1 saturated carbocycles. The summed E-state index contributed by atoms with van der Waals surface area (Å²) in [6.07, 6.45) is 3.72. The number of rotatable bonds is 6. The van der Waals surface area contributed by atoms with Crippen LogP contribution >= 0.6 is 0 Å². The van der Waals surface area contributed by atoms with Crippen LogP contribution in [0.4, 0.5) is 0 Å². The number of carbonyl (C=O) groups is 1. The molecule has 0 atom stereocenters. The SMILES string of the molecule is C=C(C)C(=O)Oc1ccc2ccccc2c1C1(OCC(C)(C)O)CCCC1. The van der Waals surface area contributed by atoms with Gasteiger partial charge in [-0.15, -0.1) is 0 Å². The van der Waals surface area contributed by atoms with Crippen molar-refractivity contribution < 1.29 is 19.4 Å². The minimum absolute atomic E-state index is 0.212. The fraction of sp³-hybridized carbons (Fsp3) is 0.435. The third kappa shape index (κ3) is 4.23. The molecule has 2 aromatic rings. The second-order valence-corrected chi connectivity index (χ2v) is 8.13. The summed E-state index contributed by atoms with van der Waals surface area (Å²) in [5.74, 6) is 0.0708. The van der Waals surface area contributed by atoms with Gasteiger partial charge < -0.3 is 14.6 Å². The van der Waals surface area contributed by atoms with E-state index >= 15 is 0 Å². The summed E-state index contributed by atoms with van der Waals surface area (Å²) in [6.45, 7) is 9.01. The fourth-order valence-corrected chi connectivity index (χ4v) is 3.72. The van der Waals surface area contributed by atoms with E-state index in [1.54, 1.807) is 20.8 Å². The number of esters is 1. The topological polar surface area (TPSA) is 55.8 Å². The molecule has 0 amide bonds. The largest absolute Gasteiger partial charge is 0.423 e. The first-order chi connectivity index (χ1) is 12.7. The molecule has 0 radical (unpaired) electrons. The van der Waals surface area contributed by atoms with Gasteiger partial charge in [-0.2, -0.15) is 0 Å². The maximum Gasteiger partial charge on any atom is 0.338 e. The molecular formula is C23H28O4. The summed E-state index contributed by atoms with van der Waals surface area (Å²) in [6, 6.07) is 11.8. The molecule has 4 nitrogen and oxygen atoms in total. The van der Waals surface area contributed by atoms with Gasteiger partial charge in [0.05, 0.1) is 17.8 Å². The highest BCUT2D eigenvalue weighted by Crippen LogP contribution is 2.49. The summed E-state index contributed by atoms with van der Waals surface area (Å²) in [7, 11) is 0. The second kappa shape index (κ2) is 7.45. The Labute approximate surface area is 160 Å². The monoisotopic (exact) mass is 368 g/mol. The molecule has 0 saturated heterocycles. The van der Waals surface area contributed by atoms with Crippen LogP contribution in [-0.4, -0.2) is 23.3 Å². The molecule has 0 bridgehead atoms. The zero-order valence-electron chi connectivity index (χ0n) is 16.4. The third-order valence-electron chi connectivity index (χ3n) is 5.01. The standard InChI is InChI=1S/C23H28O4/c1-16(2)21(24)27-19-12-11-17-9-5-6-10-18(17)20(19)23(13-7-8-14-23)26-15-22(3,4)25/h5-6,9-12,25H,1,7-8,13-15H2,2-4H3. The van der Waals surface area contributed by atoms with E-state index in [9.17, 15) is 9.90 Å². The zero-order chi connectivity index (χ0) is 19.7. The highest BCUT2D eigenvalue weighted by molar-refractivity contribution is 5.92. The number of benzene rings is 2. The van der Waals surface area contributed by atoms with Crippen molar-refractivity contribution in [2.24, 2.45) is 0 Å². The van der Waals surface area contributed by atoms with Gasteiger partial charge in [0.25, 0.3) is 0 Å². The van der Waals surface area contributed by atoms with E-state index in [0.717, 1.165) is 42.0 Å². The molecule has 0 spiro atoms. The maximum absolute atomic E-state index is 12.2. The Morgan fingerprint density at radius 1 is 1.19 bits per heavy atom. The van der Waals surface area contributed by atoms with Crippen LogP contribution in [0, 0.1) is 0 Å². The quantitative estimate of drug-likeness (QED) is 0.449. The third-order valence-corrected chi connectivity index (χ3v) is 5.01. The number of aliphatic hydroxyl groups is 1. The fourth-order valence-electron chi connectivity index (χ4n) is 3.72. The lowest BCUT2D eigenvalue weighted by Crippen LogP contribution is -2.35. The number of hydrogen-bond acceptors (Lipinski definition) is 4. The average molecular weight is 368 g/mol. The van der Waals surface area contributed by atoms with Crippen molar-refractivity contribution in [3.8, 4) is 5.75 Å². The molecule has 1 aliphatic carbocycles. The number of fused-ring (bicyclic) bond motifs is 1. The molecule has 0 aliphatic heterocycles. The van der Waals surface area contributed by atoms with E-state index in [1.165, 1.54) is 0 Å². The molecule has 2 aromatic carbocycles. The molecule has 144 valence electrons. The van der Waals surface area contributed by atoms with Crippen molar-refractivity contribution in [2.45, 2.75) is 57.7 Å². The maximum atomic E-state index is 12.2. The predicted molar refractivity (Wildman–Crippen MR) is 107 cm³/mol. The second-order valence-electron chi connectivity index (χ2n) is 8.13. The van der Waals surface area contributed by atoms with Crippen LogP contribution in [0.1, 0.15) is 52.0 Å². The Hall–Kier alpha value is -2.17. The van der Waals surface area contributed by atoms with E-state index in [0.29, 0.717) is 11.3 Å². The van der Waals surface area contributed by atoms with Gasteiger partial charge in [0.1, 0.15) is 5.75 Å². The molecule has 27 heavy (non-hydrogen) atoms. The van der Waals surface area contributed by atoms with E-state index < -0.39 is 17.2 Å². The molecule has 3 rings (SSSR count). The first-order valence-electron chi connectivity index (χ1n) is 9.48. The summed E-state index contributed by atoms with van der Waals surface area (Å²) >= 11 is 0. The van der Waals surface area contributed by atoms with Crippen molar-refractivity contribution in [3.63, 3.8) is 0 Å². The highest BCUT2D eigenvalue weighted by atomic mass is 16.5. The van der Waals surface area contributed by atoms with E-state index in [4.69, 9.17) is 9.47 Å². The van der Waals surface area contributed by atoms with Crippen LogP contribution in [0.3, 0.4) is 0 Å². The van der Waals surface area contributed by atoms with Crippen molar-refractivity contribution >= 4 is 16.7 Å². The lowest BCUT2D eigenvalue weighted by molar-refractivity contribution is -0.131. The van der Waals surface area contributed by atoms with Crippen LogP contribution in [-0.2, 0) is 15.1 Å². The van der Waals surface area contributed by atoms with Crippen LogP contribution in [0.25, 0.3) is 10.8 Å². The Balaban J connectivity index is 2.15. The minimum atomic E-state index is -0.936. The lowest BCUT2D eigenvalue weighted by Gasteiger charge is -2.35. The van der Waals surface area contributed by atoms with Gasteiger partial charge in [0, 0.05) is 11.1 Å². The van der Waals surface area contributed by atoms with Crippen LogP contribution < -0.4 is 4.74 Å². The van der Waals surface area contributed by atoms with Crippen molar-refractivity contribution in [1.29, 1.82) is 0 Å². The van der Waals surface area contributed by atoms with Gasteiger partial charge in [0.15, 0.2) is 0 Å². The van der Waals surface area contributed by atoms with Crippen molar-refractivity contribution in [2.75, 3.05) is 6.61 Å². The van der Waals surface area contributed by atoms with E-state index in [1.807, 2.05) is 36.4 Å². The summed E-state index contributed by atoms with van der Waals surface area (Å²) < 4.78 is 12.1. The summed E-state index contributed by atoms with van der Waals surface area (Å²) in [4.78, 5) is 12.2. The number of ether oxygens (including phenoxy) is 2. The Kier molecular flexibility index (Phi) is 5.41. The molecule has 0 unspecified atom stereocenters. The molecule has 1 N–H and O–H groups in total. The number of hydrogen-bond donors (Lipinski definition) is 1. The van der Waals surface area contributed by atoms with Gasteiger partial charge in [-0.25, -0.2) is 4.79 Å². The smallest absolute Gasteiger partial charge is 0.338 e. The molecule has 1 aliphatic rings. The summed E-state index contributed by atoms with van der Waals surface area (Å²) in [5.41, 5.74) is -0.260. The average Bonchev–Trinajstić information content (AvgIpc) is 3.09. The van der Waals surface area contributed by atoms with E-state index in [2.05, 4.69) is 6.58 Å².